The maximum absolute atomic E-state index is 11.8. The van der Waals surface area contributed by atoms with Gasteiger partial charge in [-0.1, -0.05) is 0 Å². The molecule has 0 spiro atoms. The minimum Gasteiger partial charge on any atom is -0.469 e. The number of carbonyl (C=O) groups excluding carboxylic acids is 1. The van der Waals surface area contributed by atoms with E-state index in [1.807, 2.05) is 19.1 Å². The van der Waals surface area contributed by atoms with Gasteiger partial charge in [0.25, 0.3) is 0 Å². The number of hydrogen-bond donors (Lipinski definition) is 2. The van der Waals surface area contributed by atoms with Gasteiger partial charge in [-0.3, -0.25) is 9.69 Å². The van der Waals surface area contributed by atoms with Crippen molar-refractivity contribution in [3.05, 3.63) is 24.2 Å². The molecule has 2 heterocycles. The van der Waals surface area contributed by atoms with Crippen LogP contribution >= 0.6 is 0 Å². The standard InChI is InChI=1S/C13H21N3O2/c1-11(9-12-3-2-8-18-12)15-13(17)10-16-6-4-14-5-7-16/h2-3,8,11,14H,4-7,9-10H2,1H3,(H,15,17). The zero-order valence-corrected chi connectivity index (χ0v) is 10.8. The molecule has 0 aliphatic carbocycles. The number of furan rings is 1. The van der Waals surface area contributed by atoms with Gasteiger partial charge in [0.15, 0.2) is 0 Å². The normalized spacial score (nSPS) is 18.5. The predicted molar refractivity (Wildman–Crippen MR) is 69.3 cm³/mol. The summed E-state index contributed by atoms with van der Waals surface area (Å²) >= 11 is 0. The van der Waals surface area contributed by atoms with Crippen molar-refractivity contribution in [2.24, 2.45) is 0 Å². The van der Waals surface area contributed by atoms with E-state index in [1.54, 1.807) is 6.26 Å². The van der Waals surface area contributed by atoms with Crippen molar-refractivity contribution in [1.82, 2.24) is 15.5 Å². The molecule has 1 aliphatic heterocycles. The molecule has 1 amide bonds. The lowest BCUT2D eigenvalue weighted by Gasteiger charge is -2.27. The van der Waals surface area contributed by atoms with Crippen LogP contribution in [0.25, 0.3) is 0 Å². The Balaban J connectivity index is 1.69. The molecule has 1 aromatic heterocycles. The molecule has 5 heteroatoms. The summed E-state index contributed by atoms with van der Waals surface area (Å²) in [5.41, 5.74) is 0. The van der Waals surface area contributed by atoms with E-state index in [4.69, 9.17) is 4.42 Å². The molecule has 0 aromatic carbocycles. The second-order valence-electron chi connectivity index (χ2n) is 4.78. The van der Waals surface area contributed by atoms with Gasteiger partial charge in [0, 0.05) is 38.6 Å². The number of amides is 1. The molecule has 1 unspecified atom stereocenters. The van der Waals surface area contributed by atoms with E-state index in [0.717, 1.165) is 38.4 Å². The molecule has 1 saturated heterocycles. The summed E-state index contributed by atoms with van der Waals surface area (Å²) in [6, 6.07) is 3.90. The summed E-state index contributed by atoms with van der Waals surface area (Å²) in [6.45, 7) is 6.31. The van der Waals surface area contributed by atoms with E-state index >= 15 is 0 Å². The molecular formula is C13H21N3O2. The van der Waals surface area contributed by atoms with Gasteiger partial charge >= 0.3 is 0 Å². The van der Waals surface area contributed by atoms with Gasteiger partial charge in [-0.05, 0) is 19.1 Å². The van der Waals surface area contributed by atoms with Crippen LogP contribution in [-0.2, 0) is 11.2 Å². The summed E-state index contributed by atoms with van der Waals surface area (Å²) in [4.78, 5) is 14.0. The third kappa shape index (κ3) is 4.16. The maximum atomic E-state index is 11.8. The zero-order chi connectivity index (χ0) is 12.8. The average Bonchev–Trinajstić information content (AvgIpc) is 2.82. The van der Waals surface area contributed by atoms with Crippen LogP contribution in [0.1, 0.15) is 12.7 Å². The van der Waals surface area contributed by atoms with Gasteiger partial charge < -0.3 is 15.1 Å². The summed E-state index contributed by atoms with van der Waals surface area (Å²) in [6.07, 6.45) is 2.39. The highest BCUT2D eigenvalue weighted by Gasteiger charge is 2.15. The van der Waals surface area contributed by atoms with Crippen LogP contribution in [0.4, 0.5) is 0 Å². The lowest BCUT2D eigenvalue weighted by Crippen LogP contribution is -2.48. The molecule has 100 valence electrons. The summed E-state index contributed by atoms with van der Waals surface area (Å²) in [7, 11) is 0. The third-order valence-corrected chi connectivity index (χ3v) is 3.07. The van der Waals surface area contributed by atoms with Gasteiger partial charge in [0.2, 0.25) is 5.91 Å². The monoisotopic (exact) mass is 251 g/mol. The minimum atomic E-state index is 0.0935. The largest absolute Gasteiger partial charge is 0.469 e. The lowest BCUT2D eigenvalue weighted by atomic mass is 10.2. The molecule has 2 rings (SSSR count). The Labute approximate surface area is 108 Å². The van der Waals surface area contributed by atoms with E-state index in [9.17, 15) is 4.79 Å². The van der Waals surface area contributed by atoms with Gasteiger partial charge in [0.05, 0.1) is 12.8 Å². The van der Waals surface area contributed by atoms with Crippen molar-refractivity contribution in [3.63, 3.8) is 0 Å². The van der Waals surface area contributed by atoms with Crippen molar-refractivity contribution in [3.8, 4) is 0 Å². The second-order valence-corrected chi connectivity index (χ2v) is 4.78. The van der Waals surface area contributed by atoms with Gasteiger partial charge in [-0.2, -0.15) is 0 Å². The number of nitrogens with zero attached hydrogens (tertiary/aromatic N) is 1. The predicted octanol–water partition coefficient (Wildman–Crippen LogP) is 0.232. The second kappa shape index (κ2) is 6.56. The van der Waals surface area contributed by atoms with Crippen molar-refractivity contribution < 1.29 is 9.21 Å². The molecule has 1 fully saturated rings. The quantitative estimate of drug-likeness (QED) is 0.786. The Bertz CT molecular complexity index is 358. The lowest BCUT2D eigenvalue weighted by molar-refractivity contribution is -0.123. The van der Waals surface area contributed by atoms with Gasteiger partial charge in [-0.25, -0.2) is 0 Å². The Morgan fingerprint density at radius 3 is 3.00 bits per heavy atom. The SMILES string of the molecule is CC(Cc1ccco1)NC(=O)CN1CCNCC1. The Kier molecular flexibility index (Phi) is 4.78. The Morgan fingerprint density at radius 2 is 2.33 bits per heavy atom. The molecule has 2 N–H and O–H groups in total. The minimum absolute atomic E-state index is 0.0935. The highest BCUT2D eigenvalue weighted by Crippen LogP contribution is 2.03. The molecule has 5 nitrogen and oxygen atoms in total. The van der Waals surface area contributed by atoms with Gasteiger partial charge in [-0.15, -0.1) is 0 Å². The van der Waals surface area contributed by atoms with Crippen LogP contribution in [0, 0.1) is 0 Å². The first-order chi connectivity index (χ1) is 8.74. The molecular weight excluding hydrogens is 230 g/mol. The molecule has 0 saturated carbocycles. The highest BCUT2D eigenvalue weighted by atomic mass is 16.3. The van der Waals surface area contributed by atoms with E-state index in [2.05, 4.69) is 15.5 Å². The molecule has 18 heavy (non-hydrogen) atoms. The maximum Gasteiger partial charge on any atom is 0.234 e. The summed E-state index contributed by atoms with van der Waals surface area (Å²) < 4.78 is 5.27. The van der Waals surface area contributed by atoms with Gasteiger partial charge in [0.1, 0.15) is 5.76 Å². The first kappa shape index (κ1) is 13.1. The molecule has 1 aromatic rings. The van der Waals surface area contributed by atoms with Crippen LogP contribution in [0.2, 0.25) is 0 Å². The van der Waals surface area contributed by atoms with Crippen molar-refractivity contribution in [1.29, 1.82) is 0 Å². The van der Waals surface area contributed by atoms with Crippen molar-refractivity contribution in [2.45, 2.75) is 19.4 Å². The van der Waals surface area contributed by atoms with Crippen LogP contribution in [0.15, 0.2) is 22.8 Å². The van der Waals surface area contributed by atoms with E-state index < -0.39 is 0 Å². The van der Waals surface area contributed by atoms with Crippen LogP contribution < -0.4 is 10.6 Å². The van der Waals surface area contributed by atoms with E-state index in [-0.39, 0.29) is 11.9 Å². The van der Waals surface area contributed by atoms with E-state index in [0.29, 0.717) is 6.54 Å². The Hall–Kier alpha value is -1.33. The first-order valence-electron chi connectivity index (χ1n) is 6.49. The average molecular weight is 251 g/mol. The Morgan fingerprint density at radius 1 is 1.56 bits per heavy atom. The highest BCUT2D eigenvalue weighted by molar-refractivity contribution is 5.78. The molecule has 0 bridgehead atoms. The topological polar surface area (TPSA) is 57.5 Å². The zero-order valence-electron chi connectivity index (χ0n) is 10.8. The fraction of sp³-hybridized carbons (Fsp3) is 0.615. The van der Waals surface area contributed by atoms with Crippen molar-refractivity contribution in [2.75, 3.05) is 32.7 Å². The fourth-order valence-corrected chi connectivity index (χ4v) is 2.17. The molecule has 1 aliphatic rings. The summed E-state index contributed by atoms with van der Waals surface area (Å²) in [5, 5.41) is 6.28. The van der Waals surface area contributed by atoms with Crippen LogP contribution in [-0.4, -0.2) is 49.6 Å². The summed E-state index contributed by atoms with van der Waals surface area (Å²) in [5.74, 6) is 1.00. The third-order valence-electron chi connectivity index (χ3n) is 3.07. The van der Waals surface area contributed by atoms with E-state index in [1.165, 1.54) is 0 Å². The van der Waals surface area contributed by atoms with Crippen LogP contribution in [0.3, 0.4) is 0 Å². The first-order valence-corrected chi connectivity index (χ1v) is 6.49. The molecule has 1 atom stereocenters. The fourth-order valence-electron chi connectivity index (χ4n) is 2.17. The smallest absolute Gasteiger partial charge is 0.234 e. The van der Waals surface area contributed by atoms with Crippen molar-refractivity contribution >= 4 is 5.91 Å². The number of hydrogen-bond acceptors (Lipinski definition) is 4. The van der Waals surface area contributed by atoms with Crippen LogP contribution in [0.5, 0.6) is 0 Å². The number of carbonyl (C=O) groups is 1. The number of piperazine rings is 1. The number of rotatable bonds is 5. The molecule has 0 radical (unpaired) electrons. The number of nitrogens with one attached hydrogen (secondary N) is 2.